The Labute approximate surface area is 88.7 Å². The van der Waals surface area contributed by atoms with Crippen molar-refractivity contribution in [2.45, 2.75) is 26.4 Å². The van der Waals surface area contributed by atoms with E-state index in [1.54, 1.807) is 12.5 Å². The molecule has 0 aliphatic heterocycles. The molecule has 0 saturated heterocycles. The third-order valence-corrected chi connectivity index (χ3v) is 2.57. The average Bonchev–Trinajstić information content (AvgIpc) is 2.84. The van der Waals surface area contributed by atoms with E-state index in [-0.39, 0.29) is 6.04 Å². The lowest BCUT2D eigenvalue weighted by Crippen LogP contribution is -2.11. The topological polar surface area (TPSA) is 57.0 Å². The van der Waals surface area contributed by atoms with Gasteiger partial charge >= 0.3 is 0 Å². The molecule has 2 rings (SSSR count). The van der Waals surface area contributed by atoms with Crippen LogP contribution >= 0.6 is 0 Å². The van der Waals surface area contributed by atoms with Gasteiger partial charge in [-0.2, -0.15) is 5.10 Å². The first-order chi connectivity index (χ1) is 7.22. The molecule has 4 heteroatoms. The number of hydrogen-bond acceptors (Lipinski definition) is 3. The molecule has 0 aliphatic rings. The van der Waals surface area contributed by atoms with Crippen LogP contribution in [0.1, 0.15) is 29.9 Å². The Morgan fingerprint density at radius 2 is 2.40 bits per heavy atom. The summed E-state index contributed by atoms with van der Waals surface area (Å²) in [6.45, 7) is 4.82. The average molecular weight is 205 g/mol. The number of nitrogens with two attached hydrogens (primary N) is 1. The quantitative estimate of drug-likeness (QED) is 0.832. The highest BCUT2D eigenvalue weighted by atomic mass is 16.3. The molecular formula is C11H15N3O. The van der Waals surface area contributed by atoms with E-state index in [9.17, 15) is 0 Å². The highest BCUT2D eigenvalue weighted by molar-refractivity contribution is 5.29. The van der Waals surface area contributed by atoms with E-state index < -0.39 is 0 Å². The zero-order valence-corrected chi connectivity index (χ0v) is 8.97. The first kappa shape index (κ1) is 9.98. The highest BCUT2D eigenvalue weighted by Gasteiger charge is 2.14. The van der Waals surface area contributed by atoms with Crippen molar-refractivity contribution >= 4 is 0 Å². The van der Waals surface area contributed by atoms with Gasteiger partial charge in [0.2, 0.25) is 0 Å². The molecule has 2 aromatic heterocycles. The molecule has 2 heterocycles. The van der Waals surface area contributed by atoms with E-state index in [1.807, 2.05) is 30.8 Å². The van der Waals surface area contributed by atoms with Crippen molar-refractivity contribution in [1.82, 2.24) is 9.78 Å². The predicted molar refractivity (Wildman–Crippen MR) is 57.4 cm³/mol. The molecule has 1 unspecified atom stereocenters. The maximum Gasteiger partial charge on any atom is 0.105 e. The van der Waals surface area contributed by atoms with Gasteiger partial charge in [-0.25, -0.2) is 0 Å². The zero-order valence-electron chi connectivity index (χ0n) is 8.97. The van der Waals surface area contributed by atoms with Crippen molar-refractivity contribution in [3.63, 3.8) is 0 Å². The second kappa shape index (κ2) is 3.90. The zero-order chi connectivity index (χ0) is 10.8. The molecule has 1 atom stereocenters. The Bertz CT molecular complexity index is 444. The number of rotatable bonds is 3. The minimum absolute atomic E-state index is 0.149. The van der Waals surface area contributed by atoms with Crippen molar-refractivity contribution in [2.24, 2.45) is 5.73 Å². The fraction of sp³-hybridized carbons (Fsp3) is 0.364. The molecule has 0 fully saturated rings. The fourth-order valence-corrected chi connectivity index (χ4v) is 1.61. The van der Waals surface area contributed by atoms with Crippen LogP contribution < -0.4 is 5.73 Å². The van der Waals surface area contributed by atoms with Gasteiger partial charge in [-0.1, -0.05) is 0 Å². The number of aromatic nitrogens is 2. The van der Waals surface area contributed by atoms with E-state index in [0.717, 1.165) is 23.4 Å². The Balaban J connectivity index is 2.28. The van der Waals surface area contributed by atoms with Crippen molar-refractivity contribution in [1.29, 1.82) is 0 Å². The van der Waals surface area contributed by atoms with Gasteiger partial charge in [0.1, 0.15) is 5.76 Å². The summed E-state index contributed by atoms with van der Waals surface area (Å²) < 4.78 is 7.10. The maximum absolute atomic E-state index is 6.12. The second-order valence-corrected chi connectivity index (χ2v) is 3.54. The van der Waals surface area contributed by atoms with Gasteiger partial charge in [0, 0.05) is 23.9 Å². The highest BCUT2D eigenvalue weighted by Crippen LogP contribution is 2.22. The van der Waals surface area contributed by atoms with E-state index in [4.69, 9.17) is 10.2 Å². The molecule has 15 heavy (non-hydrogen) atoms. The van der Waals surface area contributed by atoms with Crippen LogP contribution in [0.25, 0.3) is 0 Å². The minimum atomic E-state index is -0.149. The molecule has 2 N–H and O–H groups in total. The standard InChI is InChI=1S/C11H15N3O/c1-3-14-7-9(6-13-14)11(12)10-4-5-15-8(10)2/h4-7,11H,3,12H2,1-2H3. The number of aryl methyl sites for hydroxylation is 2. The van der Waals surface area contributed by atoms with Gasteiger partial charge in [0.05, 0.1) is 18.5 Å². The summed E-state index contributed by atoms with van der Waals surface area (Å²) >= 11 is 0. The Morgan fingerprint density at radius 1 is 1.60 bits per heavy atom. The van der Waals surface area contributed by atoms with Crippen molar-refractivity contribution in [2.75, 3.05) is 0 Å². The van der Waals surface area contributed by atoms with Crippen molar-refractivity contribution in [3.8, 4) is 0 Å². The fourth-order valence-electron chi connectivity index (χ4n) is 1.61. The van der Waals surface area contributed by atoms with Crippen molar-refractivity contribution < 1.29 is 4.42 Å². The van der Waals surface area contributed by atoms with Crippen LogP contribution in [0.15, 0.2) is 29.1 Å². The van der Waals surface area contributed by atoms with Crippen LogP contribution in [-0.4, -0.2) is 9.78 Å². The Hall–Kier alpha value is -1.55. The SMILES string of the molecule is CCn1cc(C(N)c2ccoc2C)cn1. The van der Waals surface area contributed by atoms with Crippen LogP contribution in [0, 0.1) is 6.92 Å². The van der Waals surface area contributed by atoms with E-state index in [2.05, 4.69) is 5.10 Å². The molecule has 80 valence electrons. The van der Waals surface area contributed by atoms with Crippen LogP contribution in [0.4, 0.5) is 0 Å². The summed E-state index contributed by atoms with van der Waals surface area (Å²) in [4.78, 5) is 0. The Kier molecular flexibility index (Phi) is 2.60. The molecule has 0 radical (unpaired) electrons. The molecule has 2 aromatic rings. The summed E-state index contributed by atoms with van der Waals surface area (Å²) in [6.07, 6.45) is 5.44. The van der Waals surface area contributed by atoms with Gasteiger partial charge in [-0.3, -0.25) is 4.68 Å². The maximum atomic E-state index is 6.12. The number of hydrogen-bond donors (Lipinski definition) is 1. The monoisotopic (exact) mass is 205 g/mol. The van der Waals surface area contributed by atoms with Crippen LogP contribution in [-0.2, 0) is 6.54 Å². The van der Waals surface area contributed by atoms with E-state index in [0.29, 0.717) is 0 Å². The molecule has 0 aliphatic carbocycles. The summed E-state index contributed by atoms with van der Waals surface area (Å²) in [7, 11) is 0. The summed E-state index contributed by atoms with van der Waals surface area (Å²) in [5, 5.41) is 4.20. The summed E-state index contributed by atoms with van der Waals surface area (Å²) in [5.41, 5.74) is 8.15. The smallest absolute Gasteiger partial charge is 0.105 e. The molecule has 4 nitrogen and oxygen atoms in total. The minimum Gasteiger partial charge on any atom is -0.469 e. The first-order valence-corrected chi connectivity index (χ1v) is 5.04. The van der Waals surface area contributed by atoms with Crippen LogP contribution in [0.5, 0.6) is 0 Å². The first-order valence-electron chi connectivity index (χ1n) is 5.04. The Morgan fingerprint density at radius 3 is 2.93 bits per heavy atom. The van der Waals surface area contributed by atoms with Crippen LogP contribution in [0.3, 0.4) is 0 Å². The normalized spacial score (nSPS) is 13.0. The predicted octanol–water partition coefficient (Wildman–Crippen LogP) is 1.85. The number of nitrogens with zero attached hydrogens (tertiary/aromatic N) is 2. The third-order valence-electron chi connectivity index (χ3n) is 2.57. The van der Waals surface area contributed by atoms with E-state index >= 15 is 0 Å². The second-order valence-electron chi connectivity index (χ2n) is 3.54. The van der Waals surface area contributed by atoms with Gasteiger partial charge in [-0.05, 0) is 19.9 Å². The molecule has 0 saturated carbocycles. The van der Waals surface area contributed by atoms with Gasteiger partial charge in [0.25, 0.3) is 0 Å². The largest absolute Gasteiger partial charge is 0.469 e. The van der Waals surface area contributed by atoms with Crippen molar-refractivity contribution in [3.05, 3.63) is 41.6 Å². The third kappa shape index (κ3) is 1.80. The van der Waals surface area contributed by atoms with Gasteiger partial charge in [-0.15, -0.1) is 0 Å². The van der Waals surface area contributed by atoms with E-state index in [1.165, 1.54) is 0 Å². The molecule has 0 bridgehead atoms. The lowest BCUT2D eigenvalue weighted by molar-refractivity contribution is 0.527. The number of furan rings is 1. The summed E-state index contributed by atoms with van der Waals surface area (Å²) in [6, 6.07) is 1.76. The molecule has 0 spiro atoms. The molecule has 0 aromatic carbocycles. The van der Waals surface area contributed by atoms with Crippen LogP contribution in [0.2, 0.25) is 0 Å². The van der Waals surface area contributed by atoms with Gasteiger partial charge in [0.15, 0.2) is 0 Å². The lowest BCUT2D eigenvalue weighted by atomic mass is 10.0. The molecule has 0 amide bonds. The molecular weight excluding hydrogens is 190 g/mol. The van der Waals surface area contributed by atoms with Gasteiger partial charge < -0.3 is 10.2 Å². The summed E-state index contributed by atoms with van der Waals surface area (Å²) in [5.74, 6) is 0.867. The lowest BCUT2D eigenvalue weighted by Gasteiger charge is -2.07.